The van der Waals surface area contributed by atoms with E-state index < -0.39 is 0 Å². The fourth-order valence-electron chi connectivity index (χ4n) is 2.19. The molecule has 0 bridgehead atoms. The van der Waals surface area contributed by atoms with Gasteiger partial charge in [0.25, 0.3) is 0 Å². The lowest BCUT2D eigenvalue weighted by Crippen LogP contribution is -2.31. The van der Waals surface area contributed by atoms with E-state index in [1.165, 1.54) is 5.56 Å². The molecule has 0 saturated heterocycles. The van der Waals surface area contributed by atoms with Gasteiger partial charge in [0.05, 0.1) is 12.6 Å². The summed E-state index contributed by atoms with van der Waals surface area (Å²) in [6.07, 6.45) is 1.91. The number of nitrogens with one attached hydrogen (secondary N) is 1. The highest BCUT2D eigenvalue weighted by atomic mass is 16.5. The fourth-order valence-corrected chi connectivity index (χ4v) is 2.19. The Morgan fingerprint density at radius 2 is 2.22 bits per heavy atom. The Hall–Kier alpha value is -1.51. The van der Waals surface area contributed by atoms with Crippen molar-refractivity contribution in [2.24, 2.45) is 5.92 Å². The number of carbonyl (C=O) groups is 1. The molecule has 1 atom stereocenters. The Morgan fingerprint density at radius 1 is 1.44 bits per heavy atom. The van der Waals surface area contributed by atoms with Crippen molar-refractivity contribution in [1.82, 2.24) is 5.32 Å². The third-order valence-corrected chi connectivity index (χ3v) is 3.28. The topological polar surface area (TPSA) is 38.3 Å². The van der Waals surface area contributed by atoms with Crippen molar-refractivity contribution in [3.8, 4) is 5.75 Å². The minimum Gasteiger partial charge on any atom is -0.493 e. The van der Waals surface area contributed by atoms with Gasteiger partial charge in [-0.3, -0.25) is 4.79 Å². The second-order valence-corrected chi connectivity index (χ2v) is 5.25. The monoisotopic (exact) mass is 247 g/mol. The molecule has 1 unspecified atom stereocenters. The molecule has 1 aromatic rings. The zero-order valence-corrected chi connectivity index (χ0v) is 11.3. The summed E-state index contributed by atoms with van der Waals surface area (Å²) in [6, 6.07) is 6.25. The molecule has 18 heavy (non-hydrogen) atoms. The van der Waals surface area contributed by atoms with Gasteiger partial charge < -0.3 is 10.1 Å². The zero-order valence-electron chi connectivity index (χ0n) is 11.3. The maximum atomic E-state index is 11.9. The van der Waals surface area contributed by atoms with Gasteiger partial charge >= 0.3 is 0 Å². The van der Waals surface area contributed by atoms with Gasteiger partial charge in [-0.1, -0.05) is 31.5 Å². The Bertz CT molecular complexity index is 440. The first-order chi connectivity index (χ1) is 8.58. The number of amides is 1. The highest BCUT2D eigenvalue weighted by Crippen LogP contribution is 2.32. The normalized spacial score (nSPS) is 18.8. The van der Waals surface area contributed by atoms with Crippen LogP contribution in [0.25, 0.3) is 0 Å². The second kappa shape index (κ2) is 5.42. The molecular formula is C15H21NO2. The standard InChI is InChI=1S/C15H21NO2/c1-10(2)15(17)16-13-5-4-8-18-14-7-6-11(3)9-12(13)14/h6-7,9-10,13H,4-5,8H2,1-3H3,(H,16,17). The van der Waals surface area contributed by atoms with Crippen molar-refractivity contribution < 1.29 is 9.53 Å². The first-order valence-corrected chi connectivity index (χ1v) is 6.61. The van der Waals surface area contributed by atoms with Gasteiger partial charge in [0.15, 0.2) is 0 Å². The predicted molar refractivity (Wildman–Crippen MR) is 71.6 cm³/mol. The van der Waals surface area contributed by atoms with E-state index in [1.54, 1.807) is 0 Å². The number of hydrogen-bond acceptors (Lipinski definition) is 2. The molecule has 2 rings (SSSR count). The Labute approximate surface area is 109 Å². The molecule has 0 aromatic heterocycles. The molecule has 0 radical (unpaired) electrons. The molecule has 1 aliphatic rings. The van der Waals surface area contributed by atoms with Gasteiger partial charge in [0, 0.05) is 11.5 Å². The van der Waals surface area contributed by atoms with Crippen molar-refractivity contribution in [2.45, 2.75) is 39.7 Å². The number of fused-ring (bicyclic) bond motifs is 1. The van der Waals surface area contributed by atoms with Crippen molar-refractivity contribution in [3.63, 3.8) is 0 Å². The van der Waals surface area contributed by atoms with Crippen LogP contribution in [0.15, 0.2) is 18.2 Å². The van der Waals surface area contributed by atoms with Gasteiger partial charge in [-0.25, -0.2) is 0 Å². The van der Waals surface area contributed by atoms with Crippen molar-refractivity contribution in [3.05, 3.63) is 29.3 Å². The molecule has 1 aliphatic heterocycles. The quantitative estimate of drug-likeness (QED) is 0.872. The van der Waals surface area contributed by atoms with Crippen molar-refractivity contribution in [1.29, 1.82) is 0 Å². The third kappa shape index (κ3) is 2.84. The highest BCUT2D eigenvalue weighted by molar-refractivity contribution is 5.78. The van der Waals surface area contributed by atoms with Crippen molar-refractivity contribution in [2.75, 3.05) is 6.61 Å². The lowest BCUT2D eigenvalue weighted by Gasteiger charge is -2.20. The van der Waals surface area contributed by atoms with Crippen LogP contribution in [-0.4, -0.2) is 12.5 Å². The molecule has 1 heterocycles. The van der Waals surface area contributed by atoms with Crippen LogP contribution < -0.4 is 10.1 Å². The van der Waals surface area contributed by atoms with E-state index in [-0.39, 0.29) is 17.9 Å². The van der Waals surface area contributed by atoms with E-state index in [2.05, 4.69) is 18.3 Å². The molecule has 0 spiro atoms. The van der Waals surface area contributed by atoms with Gasteiger partial charge in [0.1, 0.15) is 5.75 Å². The Balaban J connectivity index is 2.26. The van der Waals surface area contributed by atoms with E-state index in [0.717, 1.165) is 30.8 Å². The number of hydrogen-bond donors (Lipinski definition) is 1. The number of benzene rings is 1. The Morgan fingerprint density at radius 3 is 2.94 bits per heavy atom. The van der Waals surface area contributed by atoms with Crippen LogP contribution in [0.2, 0.25) is 0 Å². The number of rotatable bonds is 2. The summed E-state index contributed by atoms with van der Waals surface area (Å²) in [7, 11) is 0. The fraction of sp³-hybridized carbons (Fsp3) is 0.533. The lowest BCUT2D eigenvalue weighted by atomic mass is 9.99. The van der Waals surface area contributed by atoms with Crippen molar-refractivity contribution >= 4 is 5.91 Å². The van der Waals surface area contributed by atoms with E-state index in [1.807, 2.05) is 26.0 Å². The summed E-state index contributed by atoms with van der Waals surface area (Å²) < 4.78 is 5.72. The molecule has 0 saturated carbocycles. The molecule has 3 nitrogen and oxygen atoms in total. The highest BCUT2D eigenvalue weighted by Gasteiger charge is 2.22. The van der Waals surface area contributed by atoms with Crippen LogP contribution in [0, 0.1) is 12.8 Å². The third-order valence-electron chi connectivity index (χ3n) is 3.28. The van der Waals surface area contributed by atoms with Gasteiger partial charge in [-0.2, -0.15) is 0 Å². The molecular weight excluding hydrogens is 226 g/mol. The van der Waals surface area contributed by atoms with E-state index in [0.29, 0.717) is 0 Å². The molecule has 3 heteroatoms. The maximum absolute atomic E-state index is 11.9. The molecule has 98 valence electrons. The second-order valence-electron chi connectivity index (χ2n) is 5.25. The molecule has 0 aliphatic carbocycles. The molecule has 1 aromatic carbocycles. The number of ether oxygens (including phenoxy) is 1. The molecule has 1 N–H and O–H groups in total. The van der Waals surface area contributed by atoms with Crippen LogP contribution in [-0.2, 0) is 4.79 Å². The van der Waals surface area contributed by atoms with Crippen LogP contribution >= 0.6 is 0 Å². The first kappa shape index (κ1) is 12.9. The predicted octanol–water partition coefficient (Wildman–Crippen LogP) is 2.98. The zero-order chi connectivity index (χ0) is 13.1. The average Bonchev–Trinajstić information content (AvgIpc) is 2.52. The van der Waals surface area contributed by atoms with Crippen LogP contribution in [0.5, 0.6) is 5.75 Å². The lowest BCUT2D eigenvalue weighted by molar-refractivity contribution is -0.124. The summed E-state index contributed by atoms with van der Waals surface area (Å²) in [4.78, 5) is 11.9. The summed E-state index contributed by atoms with van der Waals surface area (Å²) in [6.45, 7) is 6.62. The summed E-state index contributed by atoms with van der Waals surface area (Å²) in [5, 5.41) is 3.12. The van der Waals surface area contributed by atoms with Gasteiger partial charge in [-0.15, -0.1) is 0 Å². The van der Waals surface area contributed by atoms with Crippen LogP contribution in [0.3, 0.4) is 0 Å². The number of carbonyl (C=O) groups excluding carboxylic acids is 1. The van der Waals surface area contributed by atoms with Crippen LogP contribution in [0.1, 0.15) is 43.9 Å². The average molecular weight is 247 g/mol. The van der Waals surface area contributed by atoms with E-state index in [9.17, 15) is 4.79 Å². The SMILES string of the molecule is Cc1ccc2c(c1)C(NC(=O)C(C)C)CCCO2. The molecule has 0 fully saturated rings. The smallest absolute Gasteiger partial charge is 0.223 e. The largest absolute Gasteiger partial charge is 0.493 e. The first-order valence-electron chi connectivity index (χ1n) is 6.61. The maximum Gasteiger partial charge on any atom is 0.223 e. The minimum atomic E-state index is 0.0161. The summed E-state index contributed by atoms with van der Waals surface area (Å²) >= 11 is 0. The van der Waals surface area contributed by atoms with Crippen LogP contribution in [0.4, 0.5) is 0 Å². The molecule has 1 amide bonds. The Kier molecular flexibility index (Phi) is 3.90. The minimum absolute atomic E-state index is 0.0161. The van der Waals surface area contributed by atoms with E-state index >= 15 is 0 Å². The number of aryl methyl sites for hydroxylation is 1. The van der Waals surface area contributed by atoms with Gasteiger partial charge in [0.2, 0.25) is 5.91 Å². The summed E-state index contributed by atoms with van der Waals surface area (Å²) in [5.41, 5.74) is 2.31. The van der Waals surface area contributed by atoms with Gasteiger partial charge in [-0.05, 0) is 25.8 Å². The van der Waals surface area contributed by atoms with E-state index in [4.69, 9.17) is 4.74 Å². The summed E-state index contributed by atoms with van der Waals surface area (Å²) in [5.74, 6) is 1.03.